The fourth-order valence-electron chi connectivity index (χ4n) is 1.97. The van der Waals surface area contributed by atoms with Gasteiger partial charge in [-0.3, -0.25) is 4.79 Å². The maximum absolute atomic E-state index is 11.5. The lowest BCUT2D eigenvalue weighted by Gasteiger charge is -2.33. The lowest BCUT2D eigenvalue weighted by molar-refractivity contribution is -0.125. The van der Waals surface area contributed by atoms with Crippen LogP contribution in [0, 0.1) is 5.41 Å². The smallest absolute Gasteiger partial charge is 0.409 e. The van der Waals surface area contributed by atoms with Crippen LogP contribution in [0.5, 0.6) is 0 Å². The predicted octanol–water partition coefficient (Wildman–Crippen LogP) is 0.708. The van der Waals surface area contributed by atoms with Gasteiger partial charge in [-0.15, -0.1) is 0 Å². The van der Waals surface area contributed by atoms with Crippen LogP contribution in [-0.4, -0.2) is 49.2 Å². The molecule has 0 radical (unpaired) electrons. The number of likely N-dealkylation sites (tertiary alicyclic amines) is 1. The van der Waals surface area contributed by atoms with E-state index in [-0.39, 0.29) is 12.0 Å². The maximum Gasteiger partial charge on any atom is 0.409 e. The first-order valence-corrected chi connectivity index (χ1v) is 6.82. The molecule has 0 aromatic carbocycles. The van der Waals surface area contributed by atoms with Crippen molar-refractivity contribution in [3.8, 4) is 0 Å². The summed E-state index contributed by atoms with van der Waals surface area (Å²) in [4.78, 5) is 24.5. The summed E-state index contributed by atoms with van der Waals surface area (Å²) in [6, 6.07) is 0.323. The van der Waals surface area contributed by atoms with E-state index in [0.29, 0.717) is 32.3 Å². The second kappa shape index (κ2) is 6.75. The van der Waals surface area contributed by atoms with Crippen LogP contribution in [0.15, 0.2) is 0 Å². The zero-order chi connectivity index (χ0) is 14.5. The van der Waals surface area contributed by atoms with Crippen molar-refractivity contribution < 1.29 is 14.3 Å². The van der Waals surface area contributed by atoms with E-state index in [0.717, 1.165) is 12.8 Å². The minimum Gasteiger partial charge on any atom is -0.450 e. The molecule has 1 rings (SSSR count). The van der Waals surface area contributed by atoms with Gasteiger partial charge in [-0.2, -0.15) is 0 Å². The predicted molar refractivity (Wildman–Crippen MR) is 72.6 cm³/mol. The van der Waals surface area contributed by atoms with Crippen molar-refractivity contribution in [2.75, 3.05) is 26.2 Å². The van der Waals surface area contributed by atoms with Crippen molar-refractivity contribution in [1.82, 2.24) is 10.2 Å². The average Bonchev–Trinajstić information content (AvgIpc) is 2.37. The molecule has 1 aliphatic heterocycles. The lowest BCUT2D eigenvalue weighted by Crippen LogP contribution is -2.49. The fourth-order valence-corrected chi connectivity index (χ4v) is 1.97. The molecule has 1 fully saturated rings. The van der Waals surface area contributed by atoms with E-state index in [1.807, 2.05) is 13.8 Å². The molecule has 6 nitrogen and oxygen atoms in total. The highest BCUT2D eigenvalue weighted by Gasteiger charge is 2.28. The Morgan fingerprint density at radius 3 is 2.42 bits per heavy atom. The molecule has 0 spiro atoms. The van der Waals surface area contributed by atoms with Gasteiger partial charge in [-0.05, 0) is 33.6 Å². The summed E-state index contributed by atoms with van der Waals surface area (Å²) in [5.41, 5.74) is 4.79. The largest absolute Gasteiger partial charge is 0.450 e. The molecule has 0 atom stereocenters. The van der Waals surface area contributed by atoms with Gasteiger partial charge in [-0.1, -0.05) is 0 Å². The van der Waals surface area contributed by atoms with Gasteiger partial charge in [-0.25, -0.2) is 4.79 Å². The second-order valence-electron chi connectivity index (χ2n) is 5.59. The number of amides is 2. The van der Waals surface area contributed by atoms with Crippen LogP contribution < -0.4 is 11.1 Å². The summed E-state index contributed by atoms with van der Waals surface area (Å²) in [5, 5.41) is 3.36. The standard InChI is InChI=1S/C13H25N3O3/c1-4-19-12(18)16-7-5-10(6-8-16)15-9-13(2,3)11(14)17/h10,15H,4-9H2,1-3H3,(H2,14,17). The molecule has 0 unspecified atom stereocenters. The number of nitrogens with two attached hydrogens (primary N) is 1. The highest BCUT2D eigenvalue weighted by Crippen LogP contribution is 2.16. The van der Waals surface area contributed by atoms with Gasteiger partial charge in [0.15, 0.2) is 0 Å². The molecule has 1 aliphatic rings. The van der Waals surface area contributed by atoms with Crippen molar-refractivity contribution >= 4 is 12.0 Å². The average molecular weight is 271 g/mol. The molecule has 0 saturated carbocycles. The molecule has 0 aliphatic carbocycles. The maximum atomic E-state index is 11.5. The Hall–Kier alpha value is -1.30. The first-order valence-electron chi connectivity index (χ1n) is 6.82. The molecule has 3 N–H and O–H groups in total. The van der Waals surface area contributed by atoms with Crippen molar-refractivity contribution in [2.45, 2.75) is 39.7 Å². The first kappa shape index (κ1) is 15.8. The second-order valence-corrected chi connectivity index (χ2v) is 5.59. The molecule has 2 amide bonds. The zero-order valence-electron chi connectivity index (χ0n) is 12.1. The van der Waals surface area contributed by atoms with Crippen molar-refractivity contribution in [3.63, 3.8) is 0 Å². The molecule has 1 saturated heterocycles. The van der Waals surface area contributed by atoms with Gasteiger partial charge in [0.2, 0.25) is 5.91 Å². The normalized spacial score (nSPS) is 17.3. The minimum absolute atomic E-state index is 0.238. The van der Waals surface area contributed by atoms with Gasteiger partial charge in [0, 0.05) is 25.7 Å². The van der Waals surface area contributed by atoms with E-state index >= 15 is 0 Å². The van der Waals surface area contributed by atoms with Gasteiger partial charge < -0.3 is 20.7 Å². The number of hydrogen-bond acceptors (Lipinski definition) is 4. The van der Waals surface area contributed by atoms with Gasteiger partial charge in [0.1, 0.15) is 0 Å². The topological polar surface area (TPSA) is 84.7 Å². The molecule has 0 aromatic rings. The lowest BCUT2D eigenvalue weighted by atomic mass is 9.91. The number of ether oxygens (including phenoxy) is 1. The monoisotopic (exact) mass is 271 g/mol. The van der Waals surface area contributed by atoms with Crippen molar-refractivity contribution in [2.24, 2.45) is 11.1 Å². The quantitative estimate of drug-likeness (QED) is 0.771. The Morgan fingerprint density at radius 2 is 1.95 bits per heavy atom. The van der Waals surface area contributed by atoms with Crippen LogP contribution in [0.25, 0.3) is 0 Å². The number of carbonyl (C=O) groups excluding carboxylic acids is 2. The molecule has 110 valence electrons. The van der Waals surface area contributed by atoms with Crippen molar-refractivity contribution in [3.05, 3.63) is 0 Å². The number of nitrogens with zero attached hydrogens (tertiary/aromatic N) is 1. The SMILES string of the molecule is CCOC(=O)N1CCC(NCC(C)(C)C(N)=O)CC1. The van der Waals surface area contributed by atoms with Gasteiger partial charge >= 0.3 is 6.09 Å². The Kier molecular flexibility index (Phi) is 5.60. The number of rotatable bonds is 5. The Morgan fingerprint density at radius 1 is 1.37 bits per heavy atom. The number of primary amides is 1. The number of nitrogens with one attached hydrogen (secondary N) is 1. The Bertz CT molecular complexity index is 323. The van der Waals surface area contributed by atoms with Crippen LogP contribution in [0.2, 0.25) is 0 Å². The van der Waals surface area contributed by atoms with Crippen molar-refractivity contribution in [1.29, 1.82) is 0 Å². The summed E-state index contributed by atoms with van der Waals surface area (Å²) in [5.74, 6) is -0.302. The van der Waals surface area contributed by atoms with Crippen LogP contribution in [0.4, 0.5) is 4.79 Å². The highest BCUT2D eigenvalue weighted by molar-refractivity contribution is 5.80. The van der Waals surface area contributed by atoms with Crippen LogP contribution >= 0.6 is 0 Å². The number of piperidine rings is 1. The molecule has 0 aromatic heterocycles. The number of hydrogen-bond donors (Lipinski definition) is 2. The number of carbonyl (C=O) groups is 2. The zero-order valence-corrected chi connectivity index (χ0v) is 12.1. The van der Waals surface area contributed by atoms with E-state index < -0.39 is 5.41 Å². The molecule has 6 heteroatoms. The fraction of sp³-hybridized carbons (Fsp3) is 0.846. The highest BCUT2D eigenvalue weighted by atomic mass is 16.6. The third-order valence-electron chi connectivity index (χ3n) is 3.52. The van der Waals surface area contributed by atoms with Gasteiger partial charge in [0.05, 0.1) is 12.0 Å². The van der Waals surface area contributed by atoms with Crippen LogP contribution in [0.3, 0.4) is 0 Å². The summed E-state index contributed by atoms with van der Waals surface area (Å²) >= 11 is 0. The molecule has 1 heterocycles. The Labute approximate surface area is 114 Å². The van der Waals surface area contributed by atoms with E-state index in [9.17, 15) is 9.59 Å². The van der Waals surface area contributed by atoms with E-state index in [4.69, 9.17) is 10.5 Å². The van der Waals surface area contributed by atoms with Crippen LogP contribution in [-0.2, 0) is 9.53 Å². The van der Waals surface area contributed by atoms with E-state index in [1.165, 1.54) is 0 Å². The summed E-state index contributed by atoms with van der Waals surface area (Å²) in [7, 11) is 0. The summed E-state index contributed by atoms with van der Waals surface area (Å²) in [6.07, 6.45) is 1.50. The van der Waals surface area contributed by atoms with E-state index in [1.54, 1.807) is 11.8 Å². The minimum atomic E-state index is -0.543. The third kappa shape index (κ3) is 4.70. The molecular weight excluding hydrogens is 246 g/mol. The van der Waals surface area contributed by atoms with Gasteiger partial charge in [0.25, 0.3) is 0 Å². The summed E-state index contributed by atoms with van der Waals surface area (Å²) in [6.45, 7) is 7.81. The Balaban J connectivity index is 2.31. The molecule has 0 bridgehead atoms. The summed E-state index contributed by atoms with van der Waals surface area (Å²) < 4.78 is 4.97. The van der Waals surface area contributed by atoms with E-state index in [2.05, 4.69) is 5.32 Å². The first-order chi connectivity index (χ1) is 8.86. The third-order valence-corrected chi connectivity index (χ3v) is 3.52. The molecular formula is C13H25N3O3. The molecule has 19 heavy (non-hydrogen) atoms. The van der Waals surface area contributed by atoms with Crippen LogP contribution in [0.1, 0.15) is 33.6 Å².